The maximum atomic E-state index is 13.2. The summed E-state index contributed by atoms with van der Waals surface area (Å²) >= 11 is 0. The molecule has 0 heterocycles. The van der Waals surface area contributed by atoms with E-state index in [9.17, 15) is 4.39 Å². The second-order valence-corrected chi connectivity index (χ2v) is 3.89. The number of halogens is 1. The van der Waals surface area contributed by atoms with Crippen molar-refractivity contribution in [2.24, 2.45) is 0 Å². The summed E-state index contributed by atoms with van der Waals surface area (Å²) in [4.78, 5) is 0. The summed E-state index contributed by atoms with van der Waals surface area (Å²) in [6.07, 6.45) is 0. The third kappa shape index (κ3) is 4.30. The molecule has 0 fully saturated rings. The van der Waals surface area contributed by atoms with Crippen molar-refractivity contribution >= 4 is 0 Å². The molecule has 0 saturated carbocycles. The molecule has 3 heteroatoms. The number of ether oxygens (including phenoxy) is 1. The predicted octanol–water partition coefficient (Wildman–Crippen LogP) is 2.51. The molecule has 2 nitrogen and oxygen atoms in total. The fourth-order valence-electron chi connectivity index (χ4n) is 1.23. The lowest BCUT2D eigenvalue weighted by atomic mass is 10.2. The van der Waals surface area contributed by atoms with E-state index >= 15 is 0 Å². The third-order valence-electron chi connectivity index (χ3n) is 2.00. The van der Waals surface area contributed by atoms with E-state index in [0.29, 0.717) is 18.4 Å². The highest BCUT2D eigenvalue weighted by Crippen LogP contribution is 2.17. The molecule has 84 valence electrons. The summed E-state index contributed by atoms with van der Waals surface area (Å²) in [5, 5.41) is 3.20. The third-order valence-corrected chi connectivity index (χ3v) is 2.00. The highest BCUT2D eigenvalue weighted by molar-refractivity contribution is 5.29. The van der Waals surface area contributed by atoms with Gasteiger partial charge in [0.25, 0.3) is 0 Å². The zero-order valence-corrected chi connectivity index (χ0v) is 9.51. The molecule has 0 aliphatic carbocycles. The summed E-state index contributed by atoms with van der Waals surface area (Å²) in [6.45, 7) is 7.25. The molecule has 1 aromatic carbocycles. The van der Waals surface area contributed by atoms with E-state index in [0.717, 1.165) is 12.1 Å². The lowest BCUT2D eigenvalue weighted by molar-refractivity contribution is 0.294. The Hall–Kier alpha value is -1.09. The molecule has 1 rings (SSSR count). The zero-order chi connectivity index (χ0) is 11.3. The van der Waals surface area contributed by atoms with Crippen LogP contribution in [0.1, 0.15) is 19.4 Å². The minimum atomic E-state index is -0.301. The first-order valence-electron chi connectivity index (χ1n) is 5.22. The van der Waals surface area contributed by atoms with Crippen LogP contribution in [0, 0.1) is 12.7 Å². The van der Waals surface area contributed by atoms with Crippen molar-refractivity contribution in [1.29, 1.82) is 0 Å². The van der Waals surface area contributed by atoms with Crippen molar-refractivity contribution in [3.8, 4) is 5.75 Å². The van der Waals surface area contributed by atoms with Crippen molar-refractivity contribution in [2.75, 3.05) is 13.2 Å². The highest BCUT2D eigenvalue weighted by atomic mass is 19.1. The van der Waals surface area contributed by atoms with Crippen molar-refractivity contribution in [1.82, 2.24) is 5.32 Å². The van der Waals surface area contributed by atoms with Crippen LogP contribution in [0.15, 0.2) is 18.2 Å². The van der Waals surface area contributed by atoms with Gasteiger partial charge < -0.3 is 10.1 Å². The van der Waals surface area contributed by atoms with Gasteiger partial charge in [-0.1, -0.05) is 19.9 Å². The molecule has 0 bridgehead atoms. The molecule has 0 aliphatic rings. The second kappa shape index (κ2) is 5.71. The van der Waals surface area contributed by atoms with Crippen LogP contribution in [0.3, 0.4) is 0 Å². The highest BCUT2D eigenvalue weighted by Gasteiger charge is 2.02. The summed E-state index contributed by atoms with van der Waals surface area (Å²) in [5.41, 5.74) is 1.00. The molecule has 0 aliphatic heterocycles. The molecule has 1 aromatic rings. The lowest BCUT2D eigenvalue weighted by Gasteiger charge is -2.10. The van der Waals surface area contributed by atoms with Gasteiger partial charge in [-0.25, -0.2) is 4.39 Å². The number of hydrogen-bond acceptors (Lipinski definition) is 2. The molecule has 0 unspecified atom stereocenters. The zero-order valence-electron chi connectivity index (χ0n) is 9.51. The SMILES string of the molecule is Cc1ccc(F)c(OCCNC(C)C)c1. The van der Waals surface area contributed by atoms with E-state index in [1.165, 1.54) is 6.07 Å². The van der Waals surface area contributed by atoms with Crippen LogP contribution < -0.4 is 10.1 Å². The van der Waals surface area contributed by atoms with Gasteiger partial charge in [0, 0.05) is 12.6 Å². The van der Waals surface area contributed by atoms with E-state index in [1.54, 1.807) is 12.1 Å². The van der Waals surface area contributed by atoms with Gasteiger partial charge in [-0.05, 0) is 24.6 Å². The minimum absolute atomic E-state index is 0.301. The largest absolute Gasteiger partial charge is 0.489 e. The van der Waals surface area contributed by atoms with E-state index < -0.39 is 0 Å². The number of benzene rings is 1. The summed E-state index contributed by atoms with van der Waals surface area (Å²) < 4.78 is 18.5. The Labute approximate surface area is 90.4 Å². The fourth-order valence-corrected chi connectivity index (χ4v) is 1.23. The van der Waals surface area contributed by atoms with Crippen LogP contribution in [0.5, 0.6) is 5.75 Å². The quantitative estimate of drug-likeness (QED) is 0.756. The number of aryl methyl sites for hydroxylation is 1. The average molecular weight is 211 g/mol. The van der Waals surface area contributed by atoms with E-state index in [4.69, 9.17) is 4.74 Å². The smallest absolute Gasteiger partial charge is 0.165 e. The van der Waals surface area contributed by atoms with Crippen LogP contribution in [0.4, 0.5) is 4.39 Å². The van der Waals surface area contributed by atoms with E-state index in [2.05, 4.69) is 19.2 Å². The summed E-state index contributed by atoms with van der Waals surface area (Å²) in [6, 6.07) is 5.30. The van der Waals surface area contributed by atoms with Crippen molar-refractivity contribution in [3.05, 3.63) is 29.6 Å². The van der Waals surface area contributed by atoms with Gasteiger partial charge in [0.05, 0.1) is 0 Å². The standard InChI is InChI=1S/C12H18FNO/c1-9(2)14-6-7-15-12-8-10(3)4-5-11(12)13/h4-5,8-9,14H,6-7H2,1-3H3. The van der Waals surface area contributed by atoms with Gasteiger partial charge in [0.2, 0.25) is 0 Å². The lowest BCUT2D eigenvalue weighted by Crippen LogP contribution is -2.27. The molecule has 0 amide bonds. The van der Waals surface area contributed by atoms with Crippen LogP contribution in [-0.2, 0) is 0 Å². The van der Waals surface area contributed by atoms with Crippen molar-refractivity contribution in [2.45, 2.75) is 26.8 Å². The molecule has 0 atom stereocenters. The Kier molecular flexibility index (Phi) is 4.56. The molecule has 0 aromatic heterocycles. The van der Waals surface area contributed by atoms with E-state index in [-0.39, 0.29) is 5.82 Å². The Morgan fingerprint density at radius 3 is 2.80 bits per heavy atom. The van der Waals surface area contributed by atoms with Crippen LogP contribution in [-0.4, -0.2) is 19.2 Å². The first kappa shape index (κ1) is 12.0. The van der Waals surface area contributed by atoms with Gasteiger partial charge in [-0.15, -0.1) is 0 Å². The minimum Gasteiger partial charge on any atom is -0.489 e. The molecule has 0 saturated heterocycles. The topological polar surface area (TPSA) is 21.3 Å². The van der Waals surface area contributed by atoms with Gasteiger partial charge in [-0.3, -0.25) is 0 Å². The Balaban J connectivity index is 2.40. The normalized spacial score (nSPS) is 10.7. The predicted molar refractivity (Wildman–Crippen MR) is 59.8 cm³/mol. The fraction of sp³-hybridized carbons (Fsp3) is 0.500. The number of nitrogens with one attached hydrogen (secondary N) is 1. The molecule has 0 radical (unpaired) electrons. The van der Waals surface area contributed by atoms with Gasteiger partial charge in [0.15, 0.2) is 11.6 Å². The second-order valence-electron chi connectivity index (χ2n) is 3.89. The molecule has 0 spiro atoms. The Morgan fingerprint density at radius 1 is 1.40 bits per heavy atom. The maximum Gasteiger partial charge on any atom is 0.165 e. The van der Waals surface area contributed by atoms with Crippen LogP contribution in [0.2, 0.25) is 0 Å². The van der Waals surface area contributed by atoms with Crippen LogP contribution in [0.25, 0.3) is 0 Å². The Morgan fingerprint density at radius 2 is 2.13 bits per heavy atom. The van der Waals surface area contributed by atoms with Crippen LogP contribution >= 0.6 is 0 Å². The molecular weight excluding hydrogens is 193 g/mol. The van der Waals surface area contributed by atoms with Crippen molar-refractivity contribution in [3.63, 3.8) is 0 Å². The molecule has 15 heavy (non-hydrogen) atoms. The summed E-state index contributed by atoms with van der Waals surface area (Å²) in [5.74, 6) is 0.0331. The van der Waals surface area contributed by atoms with Crippen molar-refractivity contribution < 1.29 is 9.13 Å². The summed E-state index contributed by atoms with van der Waals surface area (Å²) in [7, 11) is 0. The molecular formula is C12H18FNO. The monoisotopic (exact) mass is 211 g/mol. The maximum absolute atomic E-state index is 13.2. The number of hydrogen-bond donors (Lipinski definition) is 1. The number of rotatable bonds is 5. The molecule has 1 N–H and O–H groups in total. The first-order valence-corrected chi connectivity index (χ1v) is 5.22. The average Bonchev–Trinajstić information content (AvgIpc) is 2.17. The van der Waals surface area contributed by atoms with Gasteiger partial charge in [0.1, 0.15) is 6.61 Å². The Bertz CT molecular complexity index is 312. The van der Waals surface area contributed by atoms with Gasteiger partial charge in [-0.2, -0.15) is 0 Å². The first-order chi connectivity index (χ1) is 7.09. The van der Waals surface area contributed by atoms with Gasteiger partial charge >= 0.3 is 0 Å². The van der Waals surface area contributed by atoms with E-state index in [1.807, 2.05) is 6.92 Å².